The summed E-state index contributed by atoms with van der Waals surface area (Å²) in [5, 5.41) is 0. The van der Waals surface area contributed by atoms with E-state index >= 15 is 0 Å². The zero-order valence-corrected chi connectivity index (χ0v) is 14.7. The van der Waals surface area contributed by atoms with Crippen molar-refractivity contribution in [3.8, 4) is 17.2 Å². The predicted octanol–water partition coefficient (Wildman–Crippen LogP) is 3.04. The molecule has 0 saturated heterocycles. The highest BCUT2D eigenvalue weighted by atomic mass is 16.7. The maximum absolute atomic E-state index is 5.78. The van der Waals surface area contributed by atoms with Crippen LogP contribution < -0.4 is 14.2 Å². The van der Waals surface area contributed by atoms with E-state index in [9.17, 15) is 0 Å². The van der Waals surface area contributed by atoms with Crippen molar-refractivity contribution in [3.63, 3.8) is 0 Å². The van der Waals surface area contributed by atoms with E-state index in [4.69, 9.17) is 28.4 Å². The van der Waals surface area contributed by atoms with E-state index in [1.807, 2.05) is 48.5 Å². The smallest absolute Gasteiger partial charge is 0.161 e. The van der Waals surface area contributed by atoms with E-state index in [0.717, 1.165) is 11.3 Å². The lowest BCUT2D eigenvalue weighted by Crippen LogP contribution is -2.14. The third kappa shape index (κ3) is 5.91. The molecule has 0 radical (unpaired) electrons. The van der Waals surface area contributed by atoms with Crippen molar-refractivity contribution in [1.29, 1.82) is 0 Å². The van der Waals surface area contributed by atoms with Crippen LogP contribution >= 0.6 is 0 Å². The van der Waals surface area contributed by atoms with E-state index in [1.165, 1.54) is 0 Å². The number of para-hydroxylation sites is 3. The van der Waals surface area contributed by atoms with Crippen molar-refractivity contribution in [2.24, 2.45) is 0 Å². The molecule has 0 amide bonds. The fraction of sp³-hybridized carbons (Fsp3) is 0.400. The van der Waals surface area contributed by atoms with E-state index in [2.05, 4.69) is 0 Å². The first-order valence-electron chi connectivity index (χ1n) is 8.72. The van der Waals surface area contributed by atoms with Gasteiger partial charge in [0.1, 0.15) is 32.4 Å². The van der Waals surface area contributed by atoms with Crippen LogP contribution in [0.15, 0.2) is 48.5 Å². The molecule has 3 rings (SSSR count). The highest BCUT2D eigenvalue weighted by Gasteiger charge is 2.06. The quantitative estimate of drug-likeness (QED) is 0.720. The van der Waals surface area contributed by atoms with Gasteiger partial charge in [0.05, 0.1) is 26.4 Å². The molecule has 140 valence electrons. The summed E-state index contributed by atoms with van der Waals surface area (Å²) < 4.78 is 33.8. The Labute approximate surface area is 153 Å². The molecule has 2 aromatic carbocycles. The molecule has 0 saturated carbocycles. The third-order valence-electron chi connectivity index (χ3n) is 3.70. The Bertz CT molecular complexity index is 549. The van der Waals surface area contributed by atoms with Crippen LogP contribution in [-0.4, -0.2) is 46.4 Å². The van der Waals surface area contributed by atoms with Gasteiger partial charge in [-0.05, 0) is 18.2 Å². The second-order valence-electron chi connectivity index (χ2n) is 5.59. The van der Waals surface area contributed by atoms with Crippen LogP contribution in [0.1, 0.15) is 5.56 Å². The minimum absolute atomic E-state index is 0.193. The summed E-state index contributed by atoms with van der Waals surface area (Å²) in [6.07, 6.45) is 0. The molecular formula is C20H24O6. The second kappa shape index (κ2) is 10.7. The van der Waals surface area contributed by atoms with Crippen molar-refractivity contribution < 1.29 is 28.4 Å². The summed E-state index contributed by atoms with van der Waals surface area (Å²) in [6, 6.07) is 15.3. The minimum atomic E-state index is 0.193. The number of hydrogen-bond acceptors (Lipinski definition) is 6. The molecule has 0 unspecified atom stereocenters. The molecule has 0 fully saturated rings. The second-order valence-corrected chi connectivity index (χ2v) is 5.59. The van der Waals surface area contributed by atoms with Crippen molar-refractivity contribution >= 4 is 0 Å². The van der Waals surface area contributed by atoms with Crippen LogP contribution in [0.5, 0.6) is 17.2 Å². The first-order valence-corrected chi connectivity index (χ1v) is 8.72. The normalized spacial score (nSPS) is 17.2. The van der Waals surface area contributed by atoms with Gasteiger partial charge in [-0.3, -0.25) is 0 Å². The van der Waals surface area contributed by atoms with Gasteiger partial charge < -0.3 is 28.4 Å². The Morgan fingerprint density at radius 1 is 0.500 bits per heavy atom. The van der Waals surface area contributed by atoms with Gasteiger partial charge >= 0.3 is 0 Å². The van der Waals surface area contributed by atoms with Crippen molar-refractivity contribution in [2.75, 3.05) is 46.4 Å². The van der Waals surface area contributed by atoms with Crippen molar-refractivity contribution in [2.45, 2.75) is 6.61 Å². The van der Waals surface area contributed by atoms with E-state index < -0.39 is 0 Å². The third-order valence-corrected chi connectivity index (χ3v) is 3.70. The number of ether oxygens (including phenoxy) is 6. The van der Waals surface area contributed by atoms with Crippen molar-refractivity contribution in [1.82, 2.24) is 0 Å². The lowest BCUT2D eigenvalue weighted by atomic mass is 10.2. The summed E-state index contributed by atoms with van der Waals surface area (Å²) >= 11 is 0. The van der Waals surface area contributed by atoms with E-state index in [-0.39, 0.29) is 6.79 Å². The lowest BCUT2D eigenvalue weighted by Gasteiger charge is -2.15. The molecule has 1 aliphatic rings. The Morgan fingerprint density at radius 2 is 1.04 bits per heavy atom. The average Bonchev–Trinajstić information content (AvgIpc) is 2.68. The van der Waals surface area contributed by atoms with Gasteiger partial charge in [0.25, 0.3) is 0 Å². The van der Waals surface area contributed by atoms with Gasteiger partial charge in [0, 0.05) is 5.56 Å². The highest BCUT2D eigenvalue weighted by molar-refractivity contribution is 5.39. The van der Waals surface area contributed by atoms with Gasteiger partial charge in [-0.15, -0.1) is 0 Å². The van der Waals surface area contributed by atoms with Crippen LogP contribution in [0.25, 0.3) is 0 Å². The first kappa shape index (κ1) is 18.5. The largest absolute Gasteiger partial charge is 0.491 e. The van der Waals surface area contributed by atoms with Gasteiger partial charge in [-0.1, -0.05) is 30.3 Å². The summed E-state index contributed by atoms with van der Waals surface area (Å²) in [5.74, 6) is 2.18. The minimum Gasteiger partial charge on any atom is -0.491 e. The van der Waals surface area contributed by atoms with Crippen LogP contribution in [0.4, 0.5) is 0 Å². The summed E-state index contributed by atoms with van der Waals surface area (Å²) in [4.78, 5) is 0. The maximum Gasteiger partial charge on any atom is 0.161 e. The molecule has 0 atom stereocenters. The Hall–Kier alpha value is -2.28. The average molecular weight is 360 g/mol. The molecule has 0 bridgehead atoms. The lowest BCUT2D eigenvalue weighted by molar-refractivity contribution is -0.0681. The summed E-state index contributed by atoms with van der Waals surface area (Å²) in [6.45, 7) is 3.34. The number of hydrogen-bond donors (Lipinski definition) is 0. The van der Waals surface area contributed by atoms with Crippen LogP contribution in [0.3, 0.4) is 0 Å². The molecule has 1 aliphatic heterocycles. The van der Waals surface area contributed by atoms with Gasteiger partial charge in [0.2, 0.25) is 0 Å². The Balaban J connectivity index is 1.56. The molecule has 0 aliphatic carbocycles. The zero-order valence-electron chi connectivity index (χ0n) is 14.7. The monoisotopic (exact) mass is 360 g/mol. The van der Waals surface area contributed by atoms with Crippen LogP contribution in [0, 0.1) is 0 Å². The maximum atomic E-state index is 5.78. The zero-order chi connectivity index (χ0) is 17.9. The van der Waals surface area contributed by atoms with E-state index in [1.54, 1.807) is 0 Å². The number of fused-ring (bicyclic) bond motifs is 2. The Kier molecular flexibility index (Phi) is 7.58. The Morgan fingerprint density at radius 3 is 1.73 bits per heavy atom. The van der Waals surface area contributed by atoms with Gasteiger partial charge in [-0.2, -0.15) is 0 Å². The molecule has 6 nitrogen and oxygen atoms in total. The van der Waals surface area contributed by atoms with Gasteiger partial charge in [-0.25, -0.2) is 0 Å². The first-order chi connectivity index (χ1) is 12.9. The van der Waals surface area contributed by atoms with Gasteiger partial charge in [0.15, 0.2) is 11.5 Å². The topological polar surface area (TPSA) is 55.4 Å². The fourth-order valence-electron chi connectivity index (χ4n) is 2.46. The molecule has 26 heavy (non-hydrogen) atoms. The summed E-state index contributed by atoms with van der Waals surface area (Å²) in [5.41, 5.74) is 0.978. The standard InChI is InChI=1S/C20H24O6/c1-2-6-18-17(5-1)15-23-16-22-11-14-26-20-8-4-3-7-19(20)25-13-10-21-9-12-24-18/h1-8H,9-16H2. The highest BCUT2D eigenvalue weighted by Crippen LogP contribution is 2.26. The molecule has 1 heterocycles. The molecular weight excluding hydrogens is 336 g/mol. The fourth-order valence-corrected chi connectivity index (χ4v) is 2.46. The molecule has 2 aromatic rings. The van der Waals surface area contributed by atoms with Crippen LogP contribution in [0.2, 0.25) is 0 Å². The van der Waals surface area contributed by atoms with Crippen molar-refractivity contribution in [3.05, 3.63) is 54.1 Å². The molecule has 0 aromatic heterocycles. The number of rotatable bonds is 0. The molecule has 0 spiro atoms. The molecule has 6 heteroatoms. The molecule has 0 N–H and O–H groups in total. The van der Waals surface area contributed by atoms with Crippen LogP contribution in [-0.2, 0) is 20.8 Å². The number of benzene rings is 2. The van der Waals surface area contributed by atoms with E-state index in [0.29, 0.717) is 57.7 Å². The predicted molar refractivity (Wildman–Crippen MR) is 95.8 cm³/mol. The SMILES string of the molecule is c1ccc2c(c1)COCOCCOc1ccccc1OCCOCCO2. The summed E-state index contributed by atoms with van der Waals surface area (Å²) in [7, 11) is 0.